The van der Waals surface area contributed by atoms with E-state index in [0.717, 1.165) is 17.8 Å². The number of hydrogen-bond acceptors (Lipinski definition) is 0. The van der Waals surface area contributed by atoms with Gasteiger partial charge in [-0.15, -0.1) is 0 Å². The van der Waals surface area contributed by atoms with Crippen molar-refractivity contribution in [3.8, 4) is 0 Å². The zero-order valence-electron chi connectivity index (χ0n) is 43.8. The van der Waals surface area contributed by atoms with Crippen LogP contribution in [0.15, 0.2) is 18.7 Å². The highest BCUT2D eigenvalue weighted by Crippen LogP contribution is 2.27. The minimum atomic E-state index is 0. The zero-order valence-corrected chi connectivity index (χ0v) is 44.6. The second-order valence-corrected chi connectivity index (χ2v) is 21.4. The van der Waals surface area contributed by atoms with E-state index in [1.807, 2.05) is 0 Å². The van der Waals surface area contributed by atoms with Gasteiger partial charge in [0, 0.05) is 0 Å². The van der Waals surface area contributed by atoms with Gasteiger partial charge in [0.05, 0.1) is 6.54 Å². The van der Waals surface area contributed by atoms with E-state index in [9.17, 15) is 0 Å². The Morgan fingerprint density at radius 2 is 0.710 bits per heavy atom. The maximum absolute atomic E-state index is 2.61. The van der Waals surface area contributed by atoms with Crippen LogP contribution in [0.1, 0.15) is 337 Å². The molecule has 2 atom stereocenters. The van der Waals surface area contributed by atoms with Crippen LogP contribution in [0, 0.1) is 17.8 Å². The number of unbranched alkanes of at least 4 members (excludes halogenated alkanes) is 32. The van der Waals surface area contributed by atoms with Gasteiger partial charge in [0.15, 0.2) is 0 Å². The molecule has 1 aromatic heterocycles. The van der Waals surface area contributed by atoms with Crippen molar-refractivity contribution in [2.75, 3.05) is 0 Å². The average Bonchev–Trinajstić information content (AvgIpc) is 3.73. The summed E-state index contributed by atoms with van der Waals surface area (Å²) in [6.07, 6.45) is 72.5. The molecule has 0 fully saturated rings. The number of imidazole rings is 1. The first-order chi connectivity index (χ1) is 30.0. The molecule has 1 rings (SSSR count). The van der Waals surface area contributed by atoms with E-state index < -0.39 is 0 Å². The predicted octanol–water partition coefficient (Wildman–Crippen LogP) is 17.8. The van der Waals surface area contributed by atoms with Crippen molar-refractivity contribution in [2.24, 2.45) is 17.8 Å². The van der Waals surface area contributed by atoms with Crippen LogP contribution in [0.5, 0.6) is 0 Å². The summed E-state index contributed by atoms with van der Waals surface area (Å²) in [4.78, 5) is 0. The van der Waals surface area contributed by atoms with E-state index in [0.29, 0.717) is 6.04 Å². The molecule has 0 aliphatic carbocycles. The first kappa shape index (κ1) is 61.5. The summed E-state index contributed by atoms with van der Waals surface area (Å²) in [5, 5.41) is 0. The first-order valence-corrected chi connectivity index (χ1v) is 29.1. The third-order valence-corrected chi connectivity index (χ3v) is 14.7. The van der Waals surface area contributed by atoms with E-state index in [1.54, 1.807) is 0 Å². The Morgan fingerprint density at radius 1 is 0.355 bits per heavy atom. The van der Waals surface area contributed by atoms with Gasteiger partial charge < -0.3 is 12.4 Å². The second kappa shape index (κ2) is 48.4. The molecule has 0 aliphatic heterocycles. The van der Waals surface area contributed by atoms with Gasteiger partial charge in [-0.25, -0.2) is 9.13 Å². The van der Waals surface area contributed by atoms with Crippen molar-refractivity contribution in [3.05, 3.63) is 18.7 Å². The Morgan fingerprint density at radius 3 is 1.10 bits per heavy atom. The summed E-state index contributed by atoms with van der Waals surface area (Å²) in [6.45, 7) is 15.4. The Hall–Kier alpha value is -0.500. The van der Waals surface area contributed by atoms with Crippen LogP contribution in [0.25, 0.3) is 0 Å². The molecule has 1 heterocycles. The standard InChI is InChI=1S/C59H117N2.ClH/c1-7-10-13-15-17-19-21-23-25-27-29-31-33-35-37-39-46-58(47-40-38-36-34-32-30-28-26-24-22-20-18-16-14-11-8-2)48-41-42-49-59(51-50-57(6)45-43-44-56(4)5)61-54-53-60(55-61)52-12-9-3;/h53-59H,7-52H2,1-6H3;1H/q+1;/p-1. The summed E-state index contributed by atoms with van der Waals surface area (Å²) in [7, 11) is 0. The number of nitrogens with zero attached hydrogens (tertiary/aromatic N) is 2. The lowest BCUT2D eigenvalue weighted by Crippen LogP contribution is -3.00. The Kier molecular flexibility index (Phi) is 48.0. The number of rotatable bonds is 50. The van der Waals surface area contributed by atoms with Gasteiger partial charge in [0.1, 0.15) is 18.4 Å². The first-order valence-electron chi connectivity index (χ1n) is 29.1. The molecule has 0 aromatic carbocycles. The lowest BCUT2D eigenvalue weighted by molar-refractivity contribution is -0.724. The minimum absolute atomic E-state index is 0. The molecule has 370 valence electrons. The SMILES string of the molecule is CCCCCCCCCCCCCCCCCCC(CCCCCCCCCCCCCCCCCC)CCCCC(CCC(C)CCCC(C)C)[n+]1ccn(CCCC)c1.[Cl-]. The van der Waals surface area contributed by atoms with Crippen LogP contribution in [-0.2, 0) is 6.54 Å². The van der Waals surface area contributed by atoms with Crippen LogP contribution < -0.4 is 17.0 Å². The lowest BCUT2D eigenvalue weighted by Gasteiger charge is -2.19. The molecule has 0 saturated heterocycles. The molecule has 0 spiro atoms. The van der Waals surface area contributed by atoms with E-state index in [-0.39, 0.29) is 12.4 Å². The fraction of sp³-hybridized carbons (Fsp3) is 0.949. The molecule has 0 saturated carbocycles. The number of aryl methyl sites for hydroxylation is 1. The normalized spacial score (nSPS) is 12.8. The predicted molar refractivity (Wildman–Crippen MR) is 276 cm³/mol. The van der Waals surface area contributed by atoms with Gasteiger partial charge in [0.25, 0.3) is 0 Å². The highest BCUT2D eigenvalue weighted by molar-refractivity contribution is 4.70. The van der Waals surface area contributed by atoms with Gasteiger partial charge in [-0.1, -0.05) is 298 Å². The molecular weight excluding hydrogens is 772 g/mol. The van der Waals surface area contributed by atoms with Crippen LogP contribution in [0.2, 0.25) is 0 Å². The van der Waals surface area contributed by atoms with Gasteiger partial charge >= 0.3 is 0 Å². The maximum Gasteiger partial charge on any atom is 0.243 e. The molecule has 0 aliphatic rings. The highest BCUT2D eigenvalue weighted by Gasteiger charge is 2.19. The molecular formula is C59H117ClN2. The third-order valence-electron chi connectivity index (χ3n) is 14.7. The average molecular weight is 890 g/mol. The molecule has 0 radical (unpaired) electrons. The van der Waals surface area contributed by atoms with Gasteiger partial charge in [0.2, 0.25) is 6.33 Å². The molecule has 0 N–H and O–H groups in total. The number of halogens is 1. The van der Waals surface area contributed by atoms with Crippen molar-refractivity contribution in [2.45, 2.75) is 343 Å². The third kappa shape index (κ3) is 41.0. The van der Waals surface area contributed by atoms with Crippen molar-refractivity contribution in [1.82, 2.24) is 4.57 Å². The molecule has 3 heteroatoms. The fourth-order valence-corrected chi connectivity index (χ4v) is 10.2. The maximum atomic E-state index is 2.61. The number of aromatic nitrogens is 2. The molecule has 2 nitrogen and oxygen atoms in total. The smallest absolute Gasteiger partial charge is 0.243 e. The van der Waals surface area contributed by atoms with Crippen molar-refractivity contribution >= 4 is 0 Å². The monoisotopic (exact) mass is 889 g/mol. The summed E-state index contributed by atoms with van der Waals surface area (Å²) >= 11 is 0. The van der Waals surface area contributed by atoms with Crippen molar-refractivity contribution < 1.29 is 17.0 Å². The Balaban J connectivity index is 0.0000372. The van der Waals surface area contributed by atoms with E-state index in [4.69, 9.17) is 0 Å². The molecule has 0 amide bonds. The van der Waals surface area contributed by atoms with Gasteiger partial charge in [-0.05, 0) is 49.9 Å². The van der Waals surface area contributed by atoms with E-state index >= 15 is 0 Å². The largest absolute Gasteiger partial charge is 1.00 e. The van der Waals surface area contributed by atoms with Crippen LogP contribution in [0.3, 0.4) is 0 Å². The molecule has 0 bridgehead atoms. The summed E-state index contributed by atoms with van der Waals surface area (Å²) in [5.41, 5.74) is 0. The van der Waals surface area contributed by atoms with Crippen molar-refractivity contribution in [1.29, 1.82) is 0 Å². The van der Waals surface area contributed by atoms with Gasteiger partial charge in [-0.3, -0.25) is 0 Å². The molecule has 62 heavy (non-hydrogen) atoms. The quantitative estimate of drug-likeness (QED) is 0.0455. The second-order valence-electron chi connectivity index (χ2n) is 21.4. The summed E-state index contributed by atoms with van der Waals surface area (Å²) < 4.78 is 5.07. The highest BCUT2D eigenvalue weighted by atomic mass is 35.5. The Labute approximate surface area is 399 Å². The van der Waals surface area contributed by atoms with Crippen LogP contribution >= 0.6 is 0 Å². The lowest BCUT2D eigenvalue weighted by atomic mass is 9.88. The molecule has 2 unspecified atom stereocenters. The van der Waals surface area contributed by atoms with E-state index in [2.05, 4.69) is 69.4 Å². The Bertz CT molecular complexity index is 935. The topological polar surface area (TPSA) is 8.81 Å². The fourth-order valence-electron chi connectivity index (χ4n) is 10.2. The zero-order chi connectivity index (χ0) is 44.1. The van der Waals surface area contributed by atoms with Crippen LogP contribution in [-0.4, -0.2) is 4.57 Å². The summed E-state index contributed by atoms with van der Waals surface area (Å²) in [5.74, 6) is 2.67. The van der Waals surface area contributed by atoms with Crippen molar-refractivity contribution in [3.63, 3.8) is 0 Å². The van der Waals surface area contributed by atoms with Crippen LogP contribution in [0.4, 0.5) is 0 Å². The summed E-state index contributed by atoms with van der Waals surface area (Å²) in [6, 6.07) is 0.675. The van der Waals surface area contributed by atoms with E-state index in [1.165, 1.54) is 295 Å². The minimum Gasteiger partial charge on any atom is -1.00 e. The number of hydrogen-bond donors (Lipinski definition) is 0. The van der Waals surface area contributed by atoms with Gasteiger partial charge in [-0.2, -0.15) is 0 Å². The molecule has 1 aromatic rings.